The zero-order valence-corrected chi connectivity index (χ0v) is 9.97. The van der Waals surface area contributed by atoms with Gasteiger partial charge in [0.2, 0.25) is 0 Å². The summed E-state index contributed by atoms with van der Waals surface area (Å²) in [6.45, 7) is 0. The Morgan fingerprint density at radius 1 is 1.33 bits per heavy atom. The number of aromatic nitrogens is 1. The van der Waals surface area contributed by atoms with E-state index in [-0.39, 0.29) is 11.7 Å². The summed E-state index contributed by atoms with van der Waals surface area (Å²) in [5, 5.41) is 0. The van der Waals surface area contributed by atoms with Gasteiger partial charge in [0, 0.05) is 36.0 Å². The van der Waals surface area contributed by atoms with Crippen LogP contribution in [0.3, 0.4) is 0 Å². The van der Waals surface area contributed by atoms with E-state index in [0.29, 0.717) is 12.1 Å². The lowest BCUT2D eigenvalue weighted by molar-refractivity contribution is -0.120. The average molecular weight is 238 g/mol. The van der Waals surface area contributed by atoms with Crippen LogP contribution in [0.25, 0.3) is 0 Å². The zero-order valence-electron chi connectivity index (χ0n) is 9.97. The standard InChI is InChI=1S/C15H14N2O/c16-14-5-6-17-9-11(14)8-15(18)13-7-10-3-1-2-4-12(10)13/h1-6,9,13H,7-8H2,(H2,16,17). The van der Waals surface area contributed by atoms with Gasteiger partial charge in [-0.2, -0.15) is 0 Å². The predicted molar refractivity (Wildman–Crippen MR) is 70.2 cm³/mol. The van der Waals surface area contributed by atoms with Gasteiger partial charge in [0.05, 0.1) is 0 Å². The molecule has 2 aromatic rings. The van der Waals surface area contributed by atoms with Gasteiger partial charge in [0.25, 0.3) is 0 Å². The molecule has 0 aliphatic heterocycles. The van der Waals surface area contributed by atoms with Crippen LogP contribution in [0.2, 0.25) is 0 Å². The lowest BCUT2D eigenvalue weighted by Crippen LogP contribution is -2.26. The molecule has 3 rings (SSSR count). The maximum Gasteiger partial charge on any atom is 0.145 e. The van der Waals surface area contributed by atoms with Crippen LogP contribution in [0, 0.1) is 0 Å². The van der Waals surface area contributed by atoms with Crippen molar-refractivity contribution in [1.82, 2.24) is 4.98 Å². The second-order valence-corrected chi connectivity index (χ2v) is 4.67. The van der Waals surface area contributed by atoms with Crippen LogP contribution in [0.15, 0.2) is 42.7 Å². The van der Waals surface area contributed by atoms with Crippen LogP contribution in [-0.4, -0.2) is 10.8 Å². The van der Waals surface area contributed by atoms with Gasteiger partial charge < -0.3 is 5.73 Å². The molecule has 0 bridgehead atoms. The Hall–Kier alpha value is -2.16. The van der Waals surface area contributed by atoms with Gasteiger partial charge in [-0.3, -0.25) is 9.78 Å². The molecule has 1 heterocycles. The first-order valence-corrected chi connectivity index (χ1v) is 6.04. The molecule has 0 spiro atoms. The largest absolute Gasteiger partial charge is 0.398 e. The topological polar surface area (TPSA) is 56.0 Å². The number of ketones is 1. The number of pyridine rings is 1. The third-order valence-corrected chi connectivity index (χ3v) is 3.55. The maximum absolute atomic E-state index is 12.2. The van der Waals surface area contributed by atoms with Gasteiger partial charge >= 0.3 is 0 Å². The van der Waals surface area contributed by atoms with E-state index in [0.717, 1.165) is 12.0 Å². The molecular formula is C15H14N2O. The molecule has 1 aromatic heterocycles. The van der Waals surface area contributed by atoms with E-state index in [4.69, 9.17) is 5.73 Å². The number of Topliss-reactive ketones (excluding diaryl/α,β-unsaturated/α-hetero) is 1. The Labute approximate surface area is 106 Å². The van der Waals surface area contributed by atoms with Gasteiger partial charge in [-0.15, -0.1) is 0 Å². The molecular weight excluding hydrogens is 224 g/mol. The van der Waals surface area contributed by atoms with Crippen molar-refractivity contribution in [3.8, 4) is 0 Å². The fourth-order valence-electron chi connectivity index (χ4n) is 2.44. The van der Waals surface area contributed by atoms with Gasteiger partial charge in [0.15, 0.2) is 0 Å². The third kappa shape index (κ3) is 1.78. The highest BCUT2D eigenvalue weighted by molar-refractivity contribution is 5.91. The number of hydrogen-bond acceptors (Lipinski definition) is 3. The van der Waals surface area contributed by atoms with E-state index >= 15 is 0 Å². The van der Waals surface area contributed by atoms with Crippen molar-refractivity contribution in [3.05, 3.63) is 59.4 Å². The highest BCUT2D eigenvalue weighted by Crippen LogP contribution is 2.36. The van der Waals surface area contributed by atoms with Crippen LogP contribution in [0.5, 0.6) is 0 Å². The fourth-order valence-corrected chi connectivity index (χ4v) is 2.44. The van der Waals surface area contributed by atoms with Crippen LogP contribution in [-0.2, 0) is 17.6 Å². The lowest BCUT2D eigenvalue weighted by Gasteiger charge is -2.28. The quantitative estimate of drug-likeness (QED) is 0.891. The number of anilines is 1. The number of carbonyl (C=O) groups excluding carboxylic acids is 1. The number of rotatable bonds is 3. The fraction of sp³-hybridized carbons (Fsp3) is 0.200. The normalized spacial score (nSPS) is 16.8. The predicted octanol–water partition coefficient (Wildman–Crippen LogP) is 2.12. The Balaban J connectivity index is 1.77. The number of hydrogen-bond donors (Lipinski definition) is 1. The first-order chi connectivity index (χ1) is 8.75. The molecule has 1 aliphatic carbocycles. The summed E-state index contributed by atoms with van der Waals surface area (Å²) in [6.07, 6.45) is 4.55. The van der Waals surface area contributed by atoms with Crippen molar-refractivity contribution in [2.45, 2.75) is 18.8 Å². The van der Waals surface area contributed by atoms with Gasteiger partial charge in [-0.25, -0.2) is 0 Å². The van der Waals surface area contributed by atoms with E-state index in [1.165, 1.54) is 11.1 Å². The molecule has 1 aromatic carbocycles. The van der Waals surface area contributed by atoms with Crippen LogP contribution in [0.4, 0.5) is 5.69 Å². The van der Waals surface area contributed by atoms with Crippen LogP contribution >= 0.6 is 0 Å². The molecule has 2 N–H and O–H groups in total. The van der Waals surface area contributed by atoms with Crippen LogP contribution < -0.4 is 5.73 Å². The monoisotopic (exact) mass is 238 g/mol. The number of nitrogens with zero attached hydrogens (tertiary/aromatic N) is 1. The minimum atomic E-state index is 0.0424. The molecule has 1 unspecified atom stereocenters. The number of fused-ring (bicyclic) bond motifs is 1. The Kier molecular flexibility index (Phi) is 2.59. The smallest absolute Gasteiger partial charge is 0.145 e. The van der Waals surface area contributed by atoms with E-state index in [1.54, 1.807) is 18.5 Å². The minimum absolute atomic E-state index is 0.0424. The van der Waals surface area contributed by atoms with Gasteiger partial charge in [-0.05, 0) is 23.6 Å². The van der Waals surface area contributed by atoms with E-state index in [1.807, 2.05) is 18.2 Å². The summed E-state index contributed by atoms with van der Waals surface area (Å²) in [5.41, 5.74) is 9.76. The molecule has 0 saturated carbocycles. The highest BCUT2D eigenvalue weighted by Gasteiger charge is 2.31. The first-order valence-electron chi connectivity index (χ1n) is 6.04. The lowest BCUT2D eigenvalue weighted by atomic mass is 9.74. The van der Waals surface area contributed by atoms with Crippen molar-refractivity contribution < 1.29 is 4.79 Å². The van der Waals surface area contributed by atoms with E-state index < -0.39 is 0 Å². The summed E-state index contributed by atoms with van der Waals surface area (Å²) >= 11 is 0. The second kappa shape index (κ2) is 4.26. The molecule has 0 saturated heterocycles. The zero-order chi connectivity index (χ0) is 12.5. The average Bonchev–Trinajstić information content (AvgIpc) is 2.34. The van der Waals surface area contributed by atoms with Crippen molar-refractivity contribution >= 4 is 11.5 Å². The summed E-state index contributed by atoms with van der Waals surface area (Å²) in [5.74, 6) is 0.272. The summed E-state index contributed by atoms with van der Waals surface area (Å²) in [4.78, 5) is 16.2. The first kappa shape index (κ1) is 11.0. The SMILES string of the molecule is Nc1ccncc1CC(=O)C1Cc2ccccc21. The molecule has 3 heteroatoms. The number of benzene rings is 1. The molecule has 1 atom stereocenters. The van der Waals surface area contributed by atoms with Crippen molar-refractivity contribution in [1.29, 1.82) is 0 Å². The van der Waals surface area contributed by atoms with Crippen molar-refractivity contribution in [2.75, 3.05) is 5.73 Å². The summed E-state index contributed by atoms with van der Waals surface area (Å²) < 4.78 is 0. The highest BCUT2D eigenvalue weighted by atomic mass is 16.1. The van der Waals surface area contributed by atoms with E-state index in [2.05, 4.69) is 11.1 Å². The molecule has 0 radical (unpaired) electrons. The molecule has 3 nitrogen and oxygen atoms in total. The number of nitrogens with two attached hydrogens (primary N) is 1. The van der Waals surface area contributed by atoms with Crippen LogP contribution in [0.1, 0.15) is 22.6 Å². The third-order valence-electron chi connectivity index (χ3n) is 3.55. The summed E-state index contributed by atoms with van der Waals surface area (Å²) in [7, 11) is 0. The van der Waals surface area contributed by atoms with Gasteiger partial charge in [-0.1, -0.05) is 24.3 Å². The van der Waals surface area contributed by atoms with E-state index in [9.17, 15) is 4.79 Å². The van der Waals surface area contributed by atoms with Gasteiger partial charge in [0.1, 0.15) is 5.78 Å². The molecule has 18 heavy (non-hydrogen) atoms. The molecule has 90 valence electrons. The summed E-state index contributed by atoms with van der Waals surface area (Å²) in [6, 6.07) is 9.85. The molecule has 0 fully saturated rings. The Morgan fingerprint density at radius 3 is 2.94 bits per heavy atom. The van der Waals surface area contributed by atoms with Crippen molar-refractivity contribution in [3.63, 3.8) is 0 Å². The Bertz CT molecular complexity index is 607. The Morgan fingerprint density at radius 2 is 2.17 bits per heavy atom. The number of carbonyl (C=O) groups is 1. The maximum atomic E-state index is 12.2. The molecule has 1 aliphatic rings. The molecule has 0 amide bonds. The number of nitrogen functional groups attached to an aromatic ring is 1. The second-order valence-electron chi connectivity index (χ2n) is 4.67. The van der Waals surface area contributed by atoms with Crippen molar-refractivity contribution in [2.24, 2.45) is 0 Å². The minimum Gasteiger partial charge on any atom is -0.398 e.